The van der Waals surface area contributed by atoms with Gasteiger partial charge in [-0.1, -0.05) is 30.3 Å². The number of hydrogen-bond acceptors (Lipinski definition) is 5. The zero-order valence-electron chi connectivity index (χ0n) is 14.9. The molecule has 3 N–H and O–H groups in total. The Morgan fingerprint density at radius 3 is 2.15 bits per heavy atom. The first kappa shape index (κ1) is 18.6. The summed E-state index contributed by atoms with van der Waals surface area (Å²) in [5, 5.41) is 2.14. The molecular formula is C20H22N4O3. The van der Waals surface area contributed by atoms with Gasteiger partial charge in [-0.2, -0.15) is 0 Å². The van der Waals surface area contributed by atoms with Crippen molar-refractivity contribution < 1.29 is 14.4 Å². The van der Waals surface area contributed by atoms with E-state index in [-0.39, 0.29) is 5.56 Å². The van der Waals surface area contributed by atoms with Crippen molar-refractivity contribution in [1.29, 1.82) is 0 Å². The minimum atomic E-state index is -0.909. The van der Waals surface area contributed by atoms with Gasteiger partial charge < -0.3 is 10.6 Å². The van der Waals surface area contributed by atoms with Gasteiger partial charge in [0.2, 0.25) is 0 Å². The number of nitrogen functional groups attached to an aromatic ring is 1. The smallest absolute Gasteiger partial charge is 0.316 e. The zero-order chi connectivity index (χ0) is 19.2. The van der Waals surface area contributed by atoms with E-state index in [2.05, 4.69) is 22.3 Å². The molecule has 2 aromatic carbocycles. The standard InChI is InChI=1S/C20H22N4O3/c21-17-8-6-16(7-9-17)18(25)22-19(26)20(27)24-12-10-23(11-13-24)14-15-4-2-1-3-5-15/h1-9H,10-14,21H2,(H,22,25,26). The van der Waals surface area contributed by atoms with Crippen LogP contribution in [0.25, 0.3) is 0 Å². The molecule has 0 bridgehead atoms. The van der Waals surface area contributed by atoms with E-state index in [0.29, 0.717) is 31.9 Å². The molecule has 1 fully saturated rings. The molecule has 0 unspecified atom stereocenters. The van der Waals surface area contributed by atoms with Crippen LogP contribution in [0.1, 0.15) is 15.9 Å². The van der Waals surface area contributed by atoms with Crippen molar-refractivity contribution in [3.05, 3.63) is 65.7 Å². The van der Waals surface area contributed by atoms with Crippen LogP contribution in [0, 0.1) is 0 Å². The highest BCUT2D eigenvalue weighted by Crippen LogP contribution is 2.09. The van der Waals surface area contributed by atoms with Gasteiger partial charge >= 0.3 is 11.8 Å². The number of carbonyl (C=O) groups excluding carboxylic acids is 3. The monoisotopic (exact) mass is 366 g/mol. The molecule has 0 spiro atoms. The lowest BCUT2D eigenvalue weighted by Crippen LogP contribution is -2.53. The number of nitrogens with one attached hydrogen (secondary N) is 1. The van der Waals surface area contributed by atoms with Gasteiger partial charge in [0.05, 0.1) is 0 Å². The van der Waals surface area contributed by atoms with Gasteiger partial charge in [-0.05, 0) is 29.8 Å². The number of rotatable bonds is 3. The summed E-state index contributed by atoms with van der Waals surface area (Å²) in [4.78, 5) is 40.2. The molecule has 1 saturated heterocycles. The van der Waals surface area contributed by atoms with Crippen LogP contribution in [0.4, 0.5) is 5.69 Å². The Labute approximate surface area is 157 Å². The Morgan fingerprint density at radius 1 is 0.889 bits per heavy atom. The van der Waals surface area contributed by atoms with Crippen molar-refractivity contribution in [2.75, 3.05) is 31.9 Å². The number of amides is 3. The van der Waals surface area contributed by atoms with Crippen LogP contribution in [-0.2, 0) is 16.1 Å². The number of anilines is 1. The van der Waals surface area contributed by atoms with Crippen LogP contribution in [0.15, 0.2) is 54.6 Å². The number of nitrogens with two attached hydrogens (primary N) is 1. The molecule has 1 aliphatic rings. The quantitative estimate of drug-likeness (QED) is 0.621. The van der Waals surface area contributed by atoms with Crippen molar-refractivity contribution >= 4 is 23.4 Å². The zero-order valence-corrected chi connectivity index (χ0v) is 14.9. The maximum Gasteiger partial charge on any atom is 0.316 e. The first-order valence-corrected chi connectivity index (χ1v) is 8.79. The van der Waals surface area contributed by atoms with E-state index in [1.165, 1.54) is 22.6 Å². The highest BCUT2D eigenvalue weighted by Gasteiger charge is 2.27. The molecule has 0 radical (unpaired) electrons. The number of hydrogen-bond donors (Lipinski definition) is 2. The average Bonchev–Trinajstić information content (AvgIpc) is 2.69. The SMILES string of the molecule is Nc1ccc(C(=O)NC(=O)C(=O)N2CCN(Cc3ccccc3)CC2)cc1. The molecule has 1 heterocycles. The summed E-state index contributed by atoms with van der Waals surface area (Å²) < 4.78 is 0. The van der Waals surface area contributed by atoms with Crippen molar-refractivity contribution in [2.24, 2.45) is 0 Å². The van der Waals surface area contributed by atoms with Crippen LogP contribution in [0.2, 0.25) is 0 Å². The van der Waals surface area contributed by atoms with E-state index in [4.69, 9.17) is 5.73 Å². The lowest BCUT2D eigenvalue weighted by Gasteiger charge is -2.34. The first-order chi connectivity index (χ1) is 13.0. The number of benzene rings is 2. The van der Waals surface area contributed by atoms with Gasteiger partial charge in [-0.25, -0.2) is 0 Å². The molecule has 0 saturated carbocycles. The molecule has 7 nitrogen and oxygen atoms in total. The molecule has 0 aromatic heterocycles. The summed E-state index contributed by atoms with van der Waals surface area (Å²) in [6.45, 7) is 3.08. The fraction of sp³-hybridized carbons (Fsp3) is 0.250. The molecule has 27 heavy (non-hydrogen) atoms. The molecule has 0 atom stereocenters. The average molecular weight is 366 g/mol. The Balaban J connectivity index is 1.49. The van der Waals surface area contributed by atoms with Crippen molar-refractivity contribution in [3.8, 4) is 0 Å². The number of imide groups is 1. The summed E-state index contributed by atoms with van der Waals surface area (Å²) in [5.41, 5.74) is 7.57. The van der Waals surface area contributed by atoms with Crippen molar-refractivity contribution in [1.82, 2.24) is 15.1 Å². The van der Waals surface area contributed by atoms with E-state index < -0.39 is 17.7 Å². The van der Waals surface area contributed by atoms with Crippen molar-refractivity contribution in [3.63, 3.8) is 0 Å². The van der Waals surface area contributed by atoms with E-state index in [1.807, 2.05) is 18.2 Å². The van der Waals surface area contributed by atoms with E-state index >= 15 is 0 Å². The van der Waals surface area contributed by atoms with Gasteiger partial charge in [0.1, 0.15) is 0 Å². The van der Waals surface area contributed by atoms with E-state index in [1.54, 1.807) is 12.1 Å². The lowest BCUT2D eigenvalue weighted by molar-refractivity contribution is -0.146. The first-order valence-electron chi connectivity index (χ1n) is 8.79. The van der Waals surface area contributed by atoms with Gasteiger partial charge in [0, 0.05) is 44.0 Å². The predicted octanol–water partition coefficient (Wildman–Crippen LogP) is 0.870. The molecule has 7 heteroatoms. The Bertz CT molecular complexity index is 813. The highest BCUT2D eigenvalue weighted by molar-refractivity contribution is 6.38. The summed E-state index contributed by atoms with van der Waals surface area (Å²) in [5.74, 6) is -2.21. The molecule has 140 valence electrons. The van der Waals surface area contributed by atoms with E-state index in [9.17, 15) is 14.4 Å². The number of carbonyl (C=O) groups is 3. The third-order valence-electron chi connectivity index (χ3n) is 4.50. The summed E-state index contributed by atoms with van der Waals surface area (Å²) in [6.07, 6.45) is 0. The largest absolute Gasteiger partial charge is 0.399 e. The van der Waals surface area contributed by atoms with E-state index in [0.717, 1.165) is 6.54 Å². The second kappa shape index (κ2) is 8.46. The summed E-state index contributed by atoms with van der Waals surface area (Å²) in [7, 11) is 0. The molecule has 2 aromatic rings. The Morgan fingerprint density at radius 2 is 1.52 bits per heavy atom. The minimum absolute atomic E-state index is 0.276. The fourth-order valence-electron chi connectivity index (χ4n) is 2.96. The molecule has 3 amide bonds. The summed E-state index contributed by atoms with van der Waals surface area (Å²) >= 11 is 0. The molecule has 0 aliphatic carbocycles. The van der Waals surface area contributed by atoms with Crippen molar-refractivity contribution in [2.45, 2.75) is 6.54 Å². The molecule has 1 aliphatic heterocycles. The van der Waals surface area contributed by atoms with Crippen LogP contribution < -0.4 is 11.1 Å². The Hall–Kier alpha value is -3.19. The van der Waals surface area contributed by atoms with Gasteiger partial charge in [-0.15, -0.1) is 0 Å². The van der Waals surface area contributed by atoms with Crippen LogP contribution in [-0.4, -0.2) is 53.7 Å². The van der Waals surface area contributed by atoms with Gasteiger partial charge in [0.25, 0.3) is 5.91 Å². The second-order valence-electron chi connectivity index (χ2n) is 6.46. The topological polar surface area (TPSA) is 95.7 Å². The predicted molar refractivity (Wildman–Crippen MR) is 102 cm³/mol. The third-order valence-corrected chi connectivity index (χ3v) is 4.50. The number of piperazine rings is 1. The normalized spacial score (nSPS) is 14.6. The van der Waals surface area contributed by atoms with Crippen LogP contribution in [0.5, 0.6) is 0 Å². The molecule has 3 rings (SSSR count). The van der Waals surface area contributed by atoms with Crippen LogP contribution >= 0.6 is 0 Å². The van der Waals surface area contributed by atoms with Gasteiger partial charge in [-0.3, -0.25) is 24.6 Å². The maximum atomic E-state index is 12.3. The maximum absolute atomic E-state index is 12.3. The molecular weight excluding hydrogens is 344 g/mol. The van der Waals surface area contributed by atoms with Gasteiger partial charge in [0.15, 0.2) is 0 Å². The van der Waals surface area contributed by atoms with Crippen LogP contribution in [0.3, 0.4) is 0 Å². The summed E-state index contributed by atoms with van der Waals surface area (Å²) in [6, 6.07) is 16.2. The minimum Gasteiger partial charge on any atom is -0.399 e. The number of nitrogens with zero attached hydrogens (tertiary/aromatic N) is 2. The fourth-order valence-corrected chi connectivity index (χ4v) is 2.96. The second-order valence-corrected chi connectivity index (χ2v) is 6.46. The lowest BCUT2D eigenvalue weighted by atomic mass is 10.2. The Kier molecular flexibility index (Phi) is 5.83. The highest BCUT2D eigenvalue weighted by atomic mass is 16.2. The third kappa shape index (κ3) is 4.92.